The molecule has 0 saturated carbocycles. The maximum absolute atomic E-state index is 11.9. The lowest BCUT2D eigenvalue weighted by Crippen LogP contribution is -2.50. The molecule has 0 aromatic rings. The van der Waals surface area contributed by atoms with Crippen LogP contribution in [0, 0.1) is 0 Å². The molecule has 0 aromatic carbocycles. The first-order chi connectivity index (χ1) is 6.93. The van der Waals surface area contributed by atoms with Gasteiger partial charge in [-0.2, -0.15) is 0 Å². The Bertz CT molecular complexity index is 277. The second-order valence-corrected chi connectivity index (χ2v) is 6.23. The van der Waals surface area contributed by atoms with Gasteiger partial charge in [-0.3, -0.25) is 4.90 Å². The zero-order chi connectivity index (χ0) is 13.1. The summed E-state index contributed by atoms with van der Waals surface area (Å²) in [6.45, 7) is 11.4. The van der Waals surface area contributed by atoms with Gasteiger partial charge in [0.05, 0.1) is 11.5 Å². The van der Waals surface area contributed by atoms with E-state index in [1.165, 1.54) is 4.90 Å². The molecule has 0 atom stereocenters. The highest BCUT2D eigenvalue weighted by Crippen LogP contribution is 2.17. The number of amides is 1. The highest BCUT2D eigenvalue weighted by Gasteiger charge is 2.30. The molecule has 0 aliphatic rings. The van der Waals surface area contributed by atoms with Crippen LogP contribution in [0.15, 0.2) is 0 Å². The van der Waals surface area contributed by atoms with E-state index >= 15 is 0 Å². The molecule has 16 heavy (non-hydrogen) atoms. The summed E-state index contributed by atoms with van der Waals surface area (Å²) in [4.78, 5) is 13.7. The Morgan fingerprint density at radius 1 is 1.25 bits per heavy atom. The van der Waals surface area contributed by atoms with Crippen LogP contribution in [-0.4, -0.2) is 33.7 Å². The van der Waals surface area contributed by atoms with E-state index in [1.54, 1.807) is 0 Å². The zero-order valence-electron chi connectivity index (χ0n) is 11.0. The third-order valence-electron chi connectivity index (χ3n) is 1.74. The van der Waals surface area contributed by atoms with Gasteiger partial charge in [-0.25, -0.2) is 4.79 Å². The van der Waals surface area contributed by atoms with Gasteiger partial charge >= 0.3 is 6.09 Å². The van der Waals surface area contributed by atoms with E-state index in [0.717, 1.165) is 0 Å². The van der Waals surface area contributed by atoms with Crippen molar-refractivity contribution in [1.29, 1.82) is 0 Å². The van der Waals surface area contributed by atoms with E-state index in [1.807, 2.05) is 41.5 Å². The molecule has 0 saturated heterocycles. The van der Waals surface area contributed by atoms with Crippen LogP contribution in [0.25, 0.3) is 0 Å². The van der Waals surface area contributed by atoms with Crippen molar-refractivity contribution < 1.29 is 9.53 Å². The van der Waals surface area contributed by atoms with Gasteiger partial charge < -0.3 is 10.5 Å². The molecule has 0 aliphatic heterocycles. The smallest absolute Gasteiger partial charge is 0.411 e. The fourth-order valence-corrected chi connectivity index (χ4v) is 1.18. The Hall–Kier alpha value is -0.840. The highest BCUT2D eigenvalue weighted by molar-refractivity contribution is 7.80. The van der Waals surface area contributed by atoms with Crippen molar-refractivity contribution in [3.05, 3.63) is 0 Å². The van der Waals surface area contributed by atoms with Crippen LogP contribution in [0.2, 0.25) is 0 Å². The number of nitrogens with zero attached hydrogens (tertiary/aromatic N) is 1. The van der Waals surface area contributed by atoms with Crippen LogP contribution in [-0.2, 0) is 4.74 Å². The number of carbonyl (C=O) groups excluding carboxylic acids is 1. The zero-order valence-corrected chi connectivity index (χ0v) is 11.8. The molecule has 1 amide bonds. The summed E-state index contributed by atoms with van der Waals surface area (Å²) in [6.07, 6.45) is -0.396. The van der Waals surface area contributed by atoms with Crippen LogP contribution in [0.1, 0.15) is 41.5 Å². The number of hydrogen-bond acceptors (Lipinski definition) is 3. The summed E-state index contributed by atoms with van der Waals surface area (Å²) < 4.78 is 5.30. The van der Waals surface area contributed by atoms with Crippen molar-refractivity contribution in [2.24, 2.45) is 5.73 Å². The van der Waals surface area contributed by atoms with Gasteiger partial charge in [-0.1, -0.05) is 12.2 Å². The predicted molar refractivity (Wildman–Crippen MR) is 69.5 cm³/mol. The van der Waals surface area contributed by atoms with Crippen LogP contribution in [0.5, 0.6) is 0 Å². The fraction of sp³-hybridized carbons (Fsp3) is 0.818. The predicted octanol–water partition coefficient (Wildman–Crippen LogP) is 2.31. The van der Waals surface area contributed by atoms with Crippen molar-refractivity contribution in [1.82, 2.24) is 4.90 Å². The van der Waals surface area contributed by atoms with Crippen LogP contribution in [0.3, 0.4) is 0 Å². The summed E-state index contributed by atoms with van der Waals surface area (Å²) in [7, 11) is 0. The van der Waals surface area contributed by atoms with E-state index in [0.29, 0.717) is 0 Å². The average Bonchev–Trinajstić information content (AvgIpc) is 1.93. The van der Waals surface area contributed by atoms with Crippen LogP contribution in [0.4, 0.5) is 4.79 Å². The first-order valence-corrected chi connectivity index (χ1v) is 5.63. The third-order valence-corrected chi connectivity index (χ3v) is 1.87. The number of thiocarbonyl (C=S) groups is 1. The average molecular weight is 246 g/mol. The fourth-order valence-electron chi connectivity index (χ4n) is 1.05. The molecule has 0 radical (unpaired) electrons. The topological polar surface area (TPSA) is 55.6 Å². The maximum Gasteiger partial charge on any atom is 0.411 e. The molecule has 0 heterocycles. The Labute approximate surface area is 103 Å². The lowest BCUT2D eigenvalue weighted by Gasteiger charge is -2.36. The molecule has 0 spiro atoms. The molecular weight excluding hydrogens is 224 g/mol. The third kappa shape index (κ3) is 5.90. The molecule has 94 valence electrons. The van der Waals surface area contributed by atoms with Crippen molar-refractivity contribution in [3.8, 4) is 0 Å². The minimum absolute atomic E-state index is 0.230. The summed E-state index contributed by atoms with van der Waals surface area (Å²) >= 11 is 4.83. The first-order valence-electron chi connectivity index (χ1n) is 5.22. The van der Waals surface area contributed by atoms with E-state index < -0.39 is 11.7 Å². The standard InChI is InChI=1S/C11H22N2O2S/c1-10(2,3)13(7-8(12)16)9(14)15-11(4,5)6/h7H2,1-6H3,(H2,12,16). The normalized spacial score (nSPS) is 12.1. The molecule has 0 unspecified atom stereocenters. The number of hydrogen-bond donors (Lipinski definition) is 1. The second-order valence-electron chi connectivity index (χ2n) is 5.70. The van der Waals surface area contributed by atoms with Crippen molar-refractivity contribution in [3.63, 3.8) is 0 Å². The van der Waals surface area contributed by atoms with Gasteiger partial charge in [0.15, 0.2) is 0 Å². The van der Waals surface area contributed by atoms with Gasteiger partial charge in [0, 0.05) is 5.54 Å². The van der Waals surface area contributed by atoms with Crippen molar-refractivity contribution in [2.75, 3.05) is 6.54 Å². The Kier molecular flexibility index (Phi) is 4.73. The lowest BCUT2D eigenvalue weighted by atomic mass is 10.1. The highest BCUT2D eigenvalue weighted by atomic mass is 32.1. The van der Waals surface area contributed by atoms with Gasteiger partial charge in [-0.05, 0) is 41.5 Å². The number of carbonyl (C=O) groups is 1. The van der Waals surface area contributed by atoms with E-state index in [-0.39, 0.29) is 17.1 Å². The molecular formula is C11H22N2O2S. The lowest BCUT2D eigenvalue weighted by molar-refractivity contribution is 0.0109. The molecule has 5 heteroatoms. The van der Waals surface area contributed by atoms with Gasteiger partial charge in [0.2, 0.25) is 0 Å². The van der Waals surface area contributed by atoms with Crippen molar-refractivity contribution >= 4 is 23.3 Å². The second kappa shape index (κ2) is 4.99. The van der Waals surface area contributed by atoms with Crippen LogP contribution >= 0.6 is 12.2 Å². The van der Waals surface area contributed by atoms with Gasteiger partial charge in [-0.15, -0.1) is 0 Å². The van der Waals surface area contributed by atoms with E-state index in [4.69, 9.17) is 22.7 Å². The van der Waals surface area contributed by atoms with E-state index in [2.05, 4.69) is 0 Å². The molecule has 2 N–H and O–H groups in total. The summed E-state index contributed by atoms with van der Waals surface area (Å²) in [5.41, 5.74) is 4.59. The Balaban J connectivity index is 4.78. The molecule has 0 rings (SSSR count). The molecule has 4 nitrogen and oxygen atoms in total. The summed E-state index contributed by atoms with van der Waals surface area (Å²) in [5, 5.41) is 0. The number of ether oxygens (including phenoxy) is 1. The quantitative estimate of drug-likeness (QED) is 0.760. The molecule has 0 aliphatic carbocycles. The van der Waals surface area contributed by atoms with Crippen molar-refractivity contribution in [2.45, 2.75) is 52.7 Å². The summed E-state index contributed by atoms with van der Waals surface area (Å²) in [5.74, 6) is 0. The summed E-state index contributed by atoms with van der Waals surface area (Å²) in [6, 6.07) is 0. The number of rotatable bonds is 2. The minimum atomic E-state index is -0.517. The minimum Gasteiger partial charge on any atom is -0.444 e. The largest absolute Gasteiger partial charge is 0.444 e. The molecule has 0 aromatic heterocycles. The Morgan fingerprint density at radius 2 is 1.69 bits per heavy atom. The van der Waals surface area contributed by atoms with Gasteiger partial charge in [0.25, 0.3) is 0 Å². The SMILES string of the molecule is CC(C)(C)OC(=O)N(CC(N)=S)C(C)(C)C. The Morgan fingerprint density at radius 3 is 1.94 bits per heavy atom. The molecule has 0 bridgehead atoms. The molecule has 0 fully saturated rings. The van der Waals surface area contributed by atoms with E-state index in [9.17, 15) is 4.79 Å². The first kappa shape index (κ1) is 15.2. The maximum atomic E-state index is 11.9. The van der Waals surface area contributed by atoms with Crippen LogP contribution < -0.4 is 5.73 Å². The van der Waals surface area contributed by atoms with Gasteiger partial charge in [0.1, 0.15) is 5.60 Å². The monoisotopic (exact) mass is 246 g/mol. The number of nitrogens with two attached hydrogens (primary N) is 1.